The van der Waals surface area contributed by atoms with Crippen molar-refractivity contribution in [1.29, 1.82) is 0 Å². The molecule has 0 radical (unpaired) electrons. The number of hydrogen-bond donors (Lipinski definition) is 2. The standard InChI is InChI=1S/C13H12BrFN2OS/c14-9-5-6-19-12(9)7-16-8-13(18)17-11-4-2-1-3-10(11)15/h1-6,16H,7-8H2,(H,17,18). The van der Waals surface area contributed by atoms with Gasteiger partial charge in [0.05, 0.1) is 12.2 Å². The van der Waals surface area contributed by atoms with Gasteiger partial charge in [0, 0.05) is 15.9 Å². The van der Waals surface area contributed by atoms with Crippen LogP contribution in [0.25, 0.3) is 0 Å². The zero-order chi connectivity index (χ0) is 13.7. The van der Waals surface area contributed by atoms with Crippen LogP contribution in [0.3, 0.4) is 0 Å². The van der Waals surface area contributed by atoms with E-state index in [9.17, 15) is 9.18 Å². The number of benzene rings is 1. The molecule has 3 nitrogen and oxygen atoms in total. The van der Waals surface area contributed by atoms with Crippen LogP contribution in [-0.2, 0) is 11.3 Å². The van der Waals surface area contributed by atoms with Gasteiger partial charge in [-0.1, -0.05) is 12.1 Å². The summed E-state index contributed by atoms with van der Waals surface area (Å²) in [5, 5.41) is 7.51. The SMILES string of the molecule is O=C(CNCc1sccc1Br)Nc1ccccc1F. The smallest absolute Gasteiger partial charge is 0.238 e. The minimum absolute atomic E-state index is 0.138. The summed E-state index contributed by atoms with van der Waals surface area (Å²) < 4.78 is 14.3. The summed E-state index contributed by atoms with van der Waals surface area (Å²) >= 11 is 5.02. The predicted octanol–water partition coefficient (Wildman–Crippen LogP) is 3.38. The maximum Gasteiger partial charge on any atom is 0.238 e. The van der Waals surface area contributed by atoms with Crippen molar-refractivity contribution in [2.75, 3.05) is 11.9 Å². The molecule has 1 aromatic heterocycles. The molecule has 0 unspecified atom stereocenters. The number of nitrogens with one attached hydrogen (secondary N) is 2. The highest BCUT2D eigenvalue weighted by atomic mass is 79.9. The van der Waals surface area contributed by atoms with Gasteiger partial charge in [0.1, 0.15) is 5.82 Å². The van der Waals surface area contributed by atoms with Crippen LogP contribution in [0.5, 0.6) is 0 Å². The van der Waals surface area contributed by atoms with E-state index in [1.54, 1.807) is 23.5 Å². The van der Waals surface area contributed by atoms with Gasteiger partial charge in [-0.3, -0.25) is 4.79 Å². The average Bonchev–Trinajstić information content (AvgIpc) is 2.78. The molecule has 0 aliphatic heterocycles. The molecule has 100 valence electrons. The lowest BCUT2D eigenvalue weighted by atomic mass is 10.3. The second-order valence-corrected chi connectivity index (χ2v) is 5.68. The van der Waals surface area contributed by atoms with E-state index in [0.717, 1.165) is 9.35 Å². The van der Waals surface area contributed by atoms with Crippen molar-refractivity contribution in [2.45, 2.75) is 6.54 Å². The zero-order valence-electron chi connectivity index (χ0n) is 9.95. The molecule has 0 aliphatic carbocycles. The molecule has 0 spiro atoms. The summed E-state index contributed by atoms with van der Waals surface area (Å²) in [5.41, 5.74) is 0.201. The zero-order valence-corrected chi connectivity index (χ0v) is 12.4. The van der Waals surface area contributed by atoms with Gasteiger partial charge in [-0.15, -0.1) is 11.3 Å². The number of para-hydroxylation sites is 1. The summed E-state index contributed by atoms with van der Waals surface area (Å²) in [4.78, 5) is 12.8. The molecule has 0 aliphatic rings. The van der Waals surface area contributed by atoms with Crippen molar-refractivity contribution >= 4 is 38.9 Å². The predicted molar refractivity (Wildman–Crippen MR) is 78.8 cm³/mol. The van der Waals surface area contributed by atoms with Gasteiger partial charge < -0.3 is 10.6 Å². The first-order valence-corrected chi connectivity index (χ1v) is 7.31. The highest BCUT2D eigenvalue weighted by molar-refractivity contribution is 9.10. The maximum absolute atomic E-state index is 13.3. The lowest BCUT2D eigenvalue weighted by Crippen LogP contribution is -2.27. The van der Waals surface area contributed by atoms with Crippen LogP contribution >= 0.6 is 27.3 Å². The minimum atomic E-state index is -0.433. The number of halogens is 2. The summed E-state index contributed by atoms with van der Waals surface area (Å²) in [6, 6.07) is 8.06. The molecule has 1 amide bonds. The Bertz CT molecular complexity index is 573. The van der Waals surface area contributed by atoms with Crippen LogP contribution in [0.2, 0.25) is 0 Å². The summed E-state index contributed by atoms with van der Waals surface area (Å²) in [5.74, 6) is -0.699. The molecule has 1 heterocycles. The molecule has 2 aromatic rings. The molecule has 1 aromatic carbocycles. The minimum Gasteiger partial charge on any atom is -0.322 e. The number of carbonyl (C=O) groups excluding carboxylic acids is 1. The van der Waals surface area contributed by atoms with Crippen LogP contribution in [0.15, 0.2) is 40.2 Å². The second kappa shape index (κ2) is 6.79. The fourth-order valence-corrected chi connectivity index (χ4v) is 2.96. The van der Waals surface area contributed by atoms with Crippen LogP contribution in [0.1, 0.15) is 4.88 Å². The van der Waals surface area contributed by atoms with Gasteiger partial charge in [0.25, 0.3) is 0 Å². The fraction of sp³-hybridized carbons (Fsp3) is 0.154. The Hall–Kier alpha value is -1.24. The van der Waals surface area contributed by atoms with Crippen molar-refractivity contribution in [3.8, 4) is 0 Å². The largest absolute Gasteiger partial charge is 0.322 e. The maximum atomic E-state index is 13.3. The number of carbonyl (C=O) groups is 1. The number of anilines is 1. The van der Waals surface area contributed by atoms with E-state index < -0.39 is 5.82 Å². The van der Waals surface area contributed by atoms with Crippen molar-refractivity contribution in [3.05, 3.63) is 50.9 Å². The lowest BCUT2D eigenvalue weighted by Gasteiger charge is -2.07. The normalized spacial score (nSPS) is 10.4. The molecule has 6 heteroatoms. The third kappa shape index (κ3) is 4.12. The molecule has 0 bridgehead atoms. The summed E-state index contributed by atoms with van der Waals surface area (Å²) in [6.07, 6.45) is 0. The van der Waals surface area contributed by atoms with E-state index in [1.165, 1.54) is 12.1 Å². The average molecular weight is 343 g/mol. The Kier molecular flexibility index (Phi) is 5.07. The van der Waals surface area contributed by atoms with Crippen LogP contribution < -0.4 is 10.6 Å². The third-order valence-corrected chi connectivity index (χ3v) is 4.34. The Morgan fingerprint density at radius 3 is 2.79 bits per heavy atom. The van der Waals surface area contributed by atoms with E-state index in [1.807, 2.05) is 11.4 Å². The summed E-state index contributed by atoms with van der Waals surface area (Å²) in [6.45, 7) is 0.738. The molecule has 2 N–H and O–H groups in total. The number of amides is 1. The topological polar surface area (TPSA) is 41.1 Å². The molecular formula is C13H12BrFN2OS. The first-order chi connectivity index (χ1) is 9.16. The van der Waals surface area contributed by atoms with Crippen molar-refractivity contribution in [1.82, 2.24) is 5.32 Å². The molecule has 19 heavy (non-hydrogen) atoms. The molecule has 0 atom stereocenters. The molecule has 0 saturated carbocycles. The number of thiophene rings is 1. The van der Waals surface area contributed by atoms with Crippen molar-refractivity contribution in [2.24, 2.45) is 0 Å². The van der Waals surface area contributed by atoms with E-state index in [0.29, 0.717) is 6.54 Å². The second-order valence-electron chi connectivity index (χ2n) is 3.82. The van der Waals surface area contributed by atoms with Gasteiger partial charge in [-0.2, -0.15) is 0 Å². The van der Waals surface area contributed by atoms with E-state index in [4.69, 9.17) is 0 Å². The molecule has 0 saturated heterocycles. The Balaban J connectivity index is 1.79. The Labute approximate surface area is 123 Å². The number of rotatable bonds is 5. The summed E-state index contributed by atoms with van der Waals surface area (Å²) in [7, 11) is 0. The van der Waals surface area contributed by atoms with Gasteiger partial charge in [0.2, 0.25) is 5.91 Å². The van der Waals surface area contributed by atoms with E-state index >= 15 is 0 Å². The van der Waals surface area contributed by atoms with Crippen molar-refractivity contribution in [3.63, 3.8) is 0 Å². The highest BCUT2D eigenvalue weighted by Crippen LogP contribution is 2.22. The van der Waals surface area contributed by atoms with Crippen LogP contribution in [0.4, 0.5) is 10.1 Å². The van der Waals surface area contributed by atoms with Crippen molar-refractivity contribution < 1.29 is 9.18 Å². The first-order valence-electron chi connectivity index (χ1n) is 5.64. The van der Waals surface area contributed by atoms with E-state index in [-0.39, 0.29) is 18.1 Å². The highest BCUT2D eigenvalue weighted by Gasteiger charge is 2.06. The number of hydrogen-bond acceptors (Lipinski definition) is 3. The Morgan fingerprint density at radius 2 is 2.11 bits per heavy atom. The monoisotopic (exact) mass is 342 g/mol. The molecular weight excluding hydrogens is 331 g/mol. The van der Waals surface area contributed by atoms with Crippen LogP contribution in [-0.4, -0.2) is 12.5 Å². The molecule has 2 rings (SSSR count). The van der Waals surface area contributed by atoms with Gasteiger partial charge in [-0.25, -0.2) is 4.39 Å². The third-order valence-electron chi connectivity index (χ3n) is 2.41. The van der Waals surface area contributed by atoms with Gasteiger partial charge in [-0.05, 0) is 39.5 Å². The van der Waals surface area contributed by atoms with Gasteiger partial charge in [0.15, 0.2) is 0 Å². The Morgan fingerprint density at radius 1 is 1.32 bits per heavy atom. The van der Waals surface area contributed by atoms with Gasteiger partial charge >= 0.3 is 0 Å². The fourth-order valence-electron chi connectivity index (χ4n) is 1.50. The molecule has 0 fully saturated rings. The van der Waals surface area contributed by atoms with E-state index in [2.05, 4.69) is 26.6 Å². The van der Waals surface area contributed by atoms with Crippen LogP contribution in [0, 0.1) is 5.82 Å². The lowest BCUT2D eigenvalue weighted by molar-refractivity contribution is -0.115. The quantitative estimate of drug-likeness (QED) is 0.874. The first kappa shape index (κ1) is 14.2.